The second kappa shape index (κ2) is 13.0. The van der Waals surface area contributed by atoms with E-state index in [4.69, 9.17) is 9.97 Å². The van der Waals surface area contributed by atoms with Crippen LogP contribution in [0.3, 0.4) is 0 Å². The largest absolute Gasteiger partial charge is 0.338 e. The minimum atomic E-state index is 0.0212. The normalized spacial score (nSPS) is 13.6. The van der Waals surface area contributed by atoms with Crippen molar-refractivity contribution in [1.29, 1.82) is 0 Å². The molecule has 40 heavy (non-hydrogen) atoms. The lowest BCUT2D eigenvalue weighted by molar-refractivity contribution is -0.117. The number of nitrogens with zero attached hydrogens (tertiary/aromatic N) is 5. The summed E-state index contributed by atoms with van der Waals surface area (Å²) in [5, 5.41) is 9.78. The molecule has 1 aliphatic heterocycles. The third-order valence-corrected chi connectivity index (χ3v) is 6.97. The Labute approximate surface area is 235 Å². The number of benzene rings is 3. The average molecular weight is 537 g/mol. The molecule has 5 rings (SSSR count). The van der Waals surface area contributed by atoms with E-state index in [0.29, 0.717) is 37.5 Å². The highest BCUT2D eigenvalue weighted by atomic mass is 16.2. The van der Waals surface area contributed by atoms with E-state index in [1.807, 2.05) is 60.7 Å². The molecule has 3 aromatic carbocycles. The smallest absolute Gasteiger partial charge is 0.238 e. The van der Waals surface area contributed by atoms with Crippen LogP contribution in [0.5, 0.6) is 0 Å². The van der Waals surface area contributed by atoms with Crippen molar-refractivity contribution in [2.75, 3.05) is 53.6 Å². The van der Waals surface area contributed by atoms with Gasteiger partial charge in [-0.15, -0.1) is 0 Å². The van der Waals surface area contributed by atoms with Gasteiger partial charge in [-0.05, 0) is 48.2 Å². The molecule has 0 aliphatic carbocycles. The molecule has 3 N–H and O–H groups in total. The standard InChI is InChI=1S/C31H36N8O/c1-3-23-12-11-13-24(4-2)28(23)34-27(40)22-38-18-20-39(21-19-38)31-36-29(32-25-14-7-5-8-15-25)35-30(37-31)33-26-16-9-6-10-17-26/h5-17H,3-4,18-22H2,1-2H3,(H,34,40)(H2,32,33,35,36,37). The number of rotatable bonds is 10. The van der Waals surface area contributed by atoms with Crippen LogP contribution in [0.2, 0.25) is 0 Å². The topological polar surface area (TPSA) is 98.3 Å². The number of piperazine rings is 1. The van der Waals surface area contributed by atoms with Crippen LogP contribution in [0.1, 0.15) is 25.0 Å². The molecule has 1 amide bonds. The Balaban J connectivity index is 1.25. The van der Waals surface area contributed by atoms with Crippen molar-refractivity contribution in [3.63, 3.8) is 0 Å². The number of carbonyl (C=O) groups excluding carboxylic acids is 1. The van der Waals surface area contributed by atoms with Gasteiger partial charge in [-0.25, -0.2) is 0 Å². The van der Waals surface area contributed by atoms with E-state index in [9.17, 15) is 4.79 Å². The fraction of sp³-hybridized carbons (Fsp3) is 0.290. The third-order valence-electron chi connectivity index (χ3n) is 6.97. The molecule has 0 radical (unpaired) electrons. The maximum Gasteiger partial charge on any atom is 0.238 e. The zero-order chi connectivity index (χ0) is 27.7. The number of aromatic nitrogens is 3. The number of aryl methyl sites for hydroxylation is 2. The fourth-order valence-electron chi connectivity index (χ4n) is 4.81. The molecule has 0 unspecified atom stereocenters. The van der Waals surface area contributed by atoms with Gasteiger partial charge in [0.2, 0.25) is 23.8 Å². The summed E-state index contributed by atoms with van der Waals surface area (Å²) in [5.74, 6) is 1.56. The number of para-hydroxylation sites is 3. The van der Waals surface area contributed by atoms with E-state index in [1.54, 1.807) is 0 Å². The van der Waals surface area contributed by atoms with Crippen LogP contribution >= 0.6 is 0 Å². The van der Waals surface area contributed by atoms with Crippen molar-refractivity contribution in [3.8, 4) is 0 Å². The quantitative estimate of drug-likeness (QED) is 0.253. The SMILES string of the molecule is CCc1cccc(CC)c1NC(=O)CN1CCN(c2nc(Nc3ccccc3)nc(Nc3ccccc3)n2)CC1. The van der Waals surface area contributed by atoms with E-state index in [-0.39, 0.29) is 5.91 Å². The van der Waals surface area contributed by atoms with Gasteiger partial charge in [0, 0.05) is 43.2 Å². The van der Waals surface area contributed by atoms with Crippen LogP contribution in [0.15, 0.2) is 78.9 Å². The third kappa shape index (κ3) is 6.92. The summed E-state index contributed by atoms with van der Waals surface area (Å²) in [5.41, 5.74) is 5.12. The maximum absolute atomic E-state index is 13.0. The molecule has 1 fully saturated rings. The van der Waals surface area contributed by atoms with Crippen LogP contribution in [-0.2, 0) is 17.6 Å². The van der Waals surface area contributed by atoms with E-state index in [2.05, 4.69) is 62.8 Å². The molecule has 4 aromatic rings. The Hall–Kier alpha value is -4.50. The highest BCUT2D eigenvalue weighted by Gasteiger charge is 2.23. The summed E-state index contributed by atoms with van der Waals surface area (Å²) >= 11 is 0. The Kier molecular flexibility index (Phi) is 8.83. The Morgan fingerprint density at radius 3 is 1.73 bits per heavy atom. The number of hydrogen-bond donors (Lipinski definition) is 3. The molecule has 1 aliphatic rings. The summed E-state index contributed by atoms with van der Waals surface area (Å²) in [4.78, 5) is 31.4. The minimum absolute atomic E-state index is 0.0212. The van der Waals surface area contributed by atoms with Crippen LogP contribution in [-0.4, -0.2) is 58.5 Å². The molecule has 0 bridgehead atoms. The molecule has 9 heteroatoms. The number of hydrogen-bond acceptors (Lipinski definition) is 8. The first-order chi connectivity index (χ1) is 19.6. The minimum Gasteiger partial charge on any atom is -0.338 e. The lowest BCUT2D eigenvalue weighted by atomic mass is 10.0. The number of amides is 1. The van der Waals surface area contributed by atoms with Crippen LogP contribution < -0.4 is 20.9 Å². The molecular weight excluding hydrogens is 500 g/mol. The summed E-state index contributed by atoms with van der Waals surface area (Å²) in [6.45, 7) is 7.47. The van der Waals surface area contributed by atoms with Gasteiger partial charge in [0.15, 0.2) is 0 Å². The van der Waals surface area contributed by atoms with Gasteiger partial charge in [-0.3, -0.25) is 9.69 Å². The van der Waals surface area contributed by atoms with Crippen molar-refractivity contribution >= 4 is 40.8 Å². The first kappa shape index (κ1) is 27.1. The van der Waals surface area contributed by atoms with Crippen LogP contribution in [0.25, 0.3) is 0 Å². The lowest BCUT2D eigenvalue weighted by Gasteiger charge is -2.34. The summed E-state index contributed by atoms with van der Waals surface area (Å²) in [6, 6.07) is 25.9. The highest BCUT2D eigenvalue weighted by molar-refractivity contribution is 5.93. The van der Waals surface area contributed by atoms with E-state index in [1.165, 1.54) is 11.1 Å². The van der Waals surface area contributed by atoms with Gasteiger partial charge in [-0.1, -0.05) is 68.4 Å². The van der Waals surface area contributed by atoms with Gasteiger partial charge >= 0.3 is 0 Å². The predicted molar refractivity (Wildman–Crippen MR) is 162 cm³/mol. The van der Waals surface area contributed by atoms with Gasteiger partial charge in [0.1, 0.15) is 0 Å². The van der Waals surface area contributed by atoms with Crippen molar-refractivity contribution in [3.05, 3.63) is 90.0 Å². The second-order valence-corrected chi connectivity index (χ2v) is 9.73. The Bertz CT molecular complexity index is 1320. The fourth-order valence-corrected chi connectivity index (χ4v) is 4.81. The molecule has 9 nitrogen and oxygen atoms in total. The van der Waals surface area contributed by atoms with Gasteiger partial charge in [-0.2, -0.15) is 15.0 Å². The van der Waals surface area contributed by atoms with Crippen molar-refractivity contribution in [2.45, 2.75) is 26.7 Å². The summed E-state index contributed by atoms with van der Waals surface area (Å²) < 4.78 is 0. The van der Waals surface area contributed by atoms with Gasteiger partial charge < -0.3 is 20.9 Å². The molecule has 206 valence electrons. The highest BCUT2D eigenvalue weighted by Crippen LogP contribution is 2.23. The molecule has 0 spiro atoms. The summed E-state index contributed by atoms with van der Waals surface area (Å²) in [7, 11) is 0. The van der Waals surface area contributed by atoms with Crippen molar-refractivity contribution < 1.29 is 4.79 Å². The second-order valence-electron chi connectivity index (χ2n) is 9.73. The number of anilines is 6. The molecule has 1 aromatic heterocycles. The molecule has 0 atom stereocenters. The zero-order valence-corrected chi connectivity index (χ0v) is 23.1. The Morgan fingerprint density at radius 2 is 1.23 bits per heavy atom. The van der Waals surface area contributed by atoms with Crippen molar-refractivity contribution in [2.24, 2.45) is 0 Å². The van der Waals surface area contributed by atoms with E-state index < -0.39 is 0 Å². The first-order valence-electron chi connectivity index (χ1n) is 13.9. The van der Waals surface area contributed by atoms with Crippen LogP contribution in [0, 0.1) is 0 Å². The Morgan fingerprint density at radius 1 is 0.700 bits per heavy atom. The maximum atomic E-state index is 13.0. The van der Waals surface area contributed by atoms with Crippen LogP contribution in [0.4, 0.5) is 34.9 Å². The van der Waals surface area contributed by atoms with Gasteiger partial charge in [0.25, 0.3) is 0 Å². The molecule has 1 saturated heterocycles. The summed E-state index contributed by atoms with van der Waals surface area (Å²) in [6.07, 6.45) is 1.77. The molecular formula is C31H36N8O. The van der Waals surface area contributed by atoms with Crippen molar-refractivity contribution in [1.82, 2.24) is 19.9 Å². The number of nitrogens with one attached hydrogen (secondary N) is 3. The molecule has 2 heterocycles. The van der Waals surface area contributed by atoms with E-state index >= 15 is 0 Å². The monoisotopic (exact) mass is 536 g/mol. The van der Waals surface area contributed by atoms with E-state index in [0.717, 1.165) is 43.0 Å². The number of carbonyl (C=O) groups is 1. The zero-order valence-electron chi connectivity index (χ0n) is 23.1. The van der Waals surface area contributed by atoms with Gasteiger partial charge in [0.05, 0.1) is 6.54 Å². The molecule has 0 saturated carbocycles. The average Bonchev–Trinajstić information content (AvgIpc) is 2.98. The predicted octanol–water partition coefficient (Wildman–Crippen LogP) is 5.24. The first-order valence-corrected chi connectivity index (χ1v) is 13.9. The lowest BCUT2D eigenvalue weighted by Crippen LogP contribution is -2.49.